The topological polar surface area (TPSA) is 70.0 Å². The van der Waals surface area contributed by atoms with E-state index in [1.165, 1.54) is 54.3 Å². The molecule has 0 atom stereocenters. The van der Waals surface area contributed by atoms with Crippen LogP contribution < -0.4 is 10.9 Å². The lowest BCUT2D eigenvalue weighted by Gasteiger charge is -2.13. The van der Waals surface area contributed by atoms with Crippen LogP contribution in [-0.4, -0.2) is 21.2 Å². The van der Waals surface area contributed by atoms with Gasteiger partial charge in [0.05, 0.1) is 11.3 Å². The molecule has 31 heavy (non-hydrogen) atoms. The molecular weight excluding hydrogens is 386 g/mol. The Morgan fingerprint density at radius 1 is 1.13 bits per heavy atom. The molecule has 5 nitrogen and oxygen atoms in total. The molecule has 2 aromatic heterocycles. The van der Waals surface area contributed by atoms with Crippen LogP contribution in [0.3, 0.4) is 0 Å². The lowest BCUT2D eigenvalue weighted by atomic mass is 9.98. The van der Waals surface area contributed by atoms with Crippen LogP contribution >= 0.6 is 0 Å². The number of H-pyrrole nitrogens is 1. The second kappa shape index (κ2) is 9.31. The number of rotatable bonds is 8. The van der Waals surface area contributed by atoms with Gasteiger partial charge in [0.1, 0.15) is 5.75 Å². The summed E-state index contributed by atoms with van der Waals surface area (Å²) in [5.74, 6) is 0.156. The van der Waals surface area contributed by atoms with Gasteiger partial charge in [0.25, 0.3) is 5.56 Å². The lowest BCUT2D eigenvalue weighted by molar-refractivity contribution is 0.461. The van der Waals surface area contributed by atoms with Crippen LogP contribution in [0.4, 0.5) is 0 Å². The Hall–Kier alpha value is -2.53. The second-order valence-corrected chi connectivity index (χ2v) is 8.99. The summed E-state index contributed by atoms with van der Waals surface area (Å²) in [5, 5.41) is 15.4. The summed E-state index contributed by atoms with van der Waals surface area (Å²) in [6.07, 6.45) is 9.15. The molecule has 166 valence electrons. The van der Waals surface area contributed by atoms with Gasteiger partial charge in [-0.2, -0.15) is 0 Å². The summed E-state index contributed by atoms with van der Waals surface area (Å²) < 4.78 is 2.28. The monoisotopic (exact) mass is 421 g/mol. The fourth-order valence-corrected chi connectivity index (χ4v) is 4.83. The fraction of sp³-hybridized carbons (Fsp3) is 0.500. The number of aryl methyl sites for hydroxylation is 2. The minimum Gasteiger partial charge on any atom is -0.507 e. The summed E-state index contributed by atoms with van der Waals surface area (Å²) in [6, 6.07) is 6.70. The third-order valence-electron chi connectivity index (χ3n) is 6.79. The van der Waals surface area contributed by atoms with E-state index in [2.05, 4.69) is 47.0 Å². The van der Waals surface area contributed by atoms with Crippen molar-refractivity contribution in [3.63, 3.8) is 0 Å². The predicted octanol–water partition coefficient (Wildman–Crippen LogP) is 5.10. The summed E-state index contributed by atoms with van der Waals surface area (Å²) in [4.78, 5) is 15.4. The highest BCUT2D eigenvalue weighted by molar-refractivity contribution is 5.89. The van der Waals surface area contributed by atoms with E-state index in [9.17, 15) is 9.90 Å². The predicted molar refractivity (Wildman–Crippen MR) is 128 cm³/mol. The van der Waals surface area contributed by atoms with Crippen molar-refractivity contribution in [1.82, 2.24) is 14.9 Å². The summed E-state index contributed by atoms with van der Waals surface area (Å²) in [6.45, 7) is 5.84. The zero-order valence-corrected chi connectivity index (χ0v) is 19.1. The van der Waals surface area contributed by atoms with Crippen molar-refractivity contribution >= 4 is 10.9 Å². The van der Waals surface area contributed by atoms with Crippen molar-refractivity contribution in [3.05, 3.63) is 50.9 Å². The normalized spacial score (nSPS) is 13.3. The Balaban J connectivity index is 1.61. The van der Waals surface area contributed by atoms with Gasteiger partial charge < -0.3 is 20.0 Å². The molecule has 0 fully saturated rings. The molecule has 1 aliphatic carbocycles. The van der Waals surface area contributed by atoms with E-state index < -0.39 is 0 Å². The zero-order chi connectivity index (χ0) is 22.0. The van der Waals surface area contributed by atoms with Gasteiger partial charge in [0.2, 0.25) is 0 Å². The van der Waals surface area contributed by atoms with Crippen LogP contribution in [0.5, 0.6) is 5.75 Å². The van der Waals surface area contributed by atoms with Crippen molar-refractivity contribution in [3.8, 4) is 17.0 Å². The van der Waals surface area contributed by atoms with Gasteiger partial charge in [-0.3, -0.25) is 4.79 Å². The molecular formula is C26H35N3O2. The number of fused-ring (bicyclic) bond motifs is 4. The Labute approximate surface area is 184 Å². The van der Waals surface area contributed by atoms with E-state index in [1.807, 2.05) is 0 Å². The van der Waals surface area contributed by atoms with Gasteiger partial charge in [-0.1, -0.05) is 32.6 Å². The first kappa shape index (κ1) is 21.7. The molecule has 1 aromatic carbocycles. The first-order valence-electron chi connectivity index (χ1n) is 11.8. The molecule has 0 amide bonds. The van der Waals surface area contributed by atoms with Gasteiger partial charge in [-0.05, 0) is 62.9 Å². The average Bonchev–Trinajstić information content (AvgIpc) is 2.95. The van der Waals surface area contributed by atoms with Gasteiger partial charge in [-0.15, -0.1) is 0 Å². The number of aromatic amines is 1. The molecule has 0 saturated carbocycles. The fourth-order valence-electron chi connectivity index (χ4n) is 4.83. The first-order chi connectivity index (χ1) is 15.0. The maximum atomic E-state index is 12.4. The van der Waals surface area contributed by atoms with Gasteiger partial charge in [0, 0.05) is 41.3 Å². The van der Waals surface area contributed by atoms with Crippen LogP contribution in [0.25, 0.3) is 22.2 Å². The van der Waals surface area contributed by atoms with E-state index in [0.717, 1.165) is 49.2 Å². The molecule has 1 aliphatic rings. The van der Waals surface area contributed by atoms with Crippen molar-refractivity contribution in [2.45, 2.75) is 71.8 Å². The van der Waals surface area contributed by atoms with E-state index in [4.69, 9.17) is 0 Å². The smallest absolute Gasteiger partial charge is 0.255 e. The number of hydrogen-bond acceptors (Lipinski definition) is 3. The quantitative estimate of drug-likeness (QED) is 0.443. The summed E-state index contributed by atoms with van der Waals surface area (Å²) in [5.41, 5.74) is 6.64. The molecule has 4 rings (SSSR count). The van der Waals surface area contributed by atoms with Crippen LogP contribution in [0, 0.1) is 6.92 Å². The zero-order valence-electron chi connectivity index (χ0n) is 19.1. The van der Waals surface area contributed by atoms with Gasteiger partial charge in [0.15, 0.2) is 0 Å². The number of aromatic hydroxyl groups is 1. The third-order valence-corrected chi connectivity index (χ3v) is 6.79. The Morgan fingerprint density at radius 2 is 1.94 bits per heavy atom. The average molecular weight is 422 g/mol. The third kappa shape index (κ3) is 4.29. The molecule has 0 bridgehead atoms. The highest BCUT2D eigenvalue weighted by atomic mass is 16.3. The van der Waals surface area contributed by atoms with Crippen molar-refractivity contribution in [1.29, 1.82) is 0 Å². The van der Waals surface area contributed by atoms with Crippen molar-refractivity contribution < 1.29 is 5.11 Å². The molecule has 5 heteroatoms. The minimum atomic E-state index is -0.207. The summed E-state index contributed by atoms with van der Waals surface area (Å²) in [7, 11) is 2.13. The lowest BCUT2D eigenvalue weighted by Crippen LogP contribution is -2.16. The number of nitrogens with zero attached hydrogens (tertiary/aromatic N) is 1. The molecule has 3 aromatic rings. The number of hydrogen-bond donors (Lipinski definition) is 3. The second-order valence-electron chi connectivity index (χ2n) is 8.99. The van der Waals surface area contributed by atoms with E-state index in [0.29, 0.717) is 5.56 Å². The molecule has 0 saturated heterocycles. The van der Waals surface area contributed by atoms with E-state index in [-0.39, 0.29) is 11.3 Å². The highest BCUT2D eigenvalue weighted by Gasteiger charge is 2.22. The number of aromatic nitrogens is 2. The SMILES string of the molecule is CCCCCCCNCc1cc2cc3c(cc2n1C)CCCc1c-3[nH]c(=O)c(C)c1O. The molecule has 0 unspecified atom stereocenters. The van der Waals surface area contributed by atoms with E-state index >= 15 is 0 Å². The highest BCUT2D eigenvalue weighted by Crippen LogP contribution is 2.38. The molecule has 2 heterocycles. The number of unbranched alkanes of at least 4 members (excludes halogenated alkanes) is 4. The Bertz CT molecular complexity index is 1140. The molecule has 3 N–H and O–H groups in total. The summed E-state index contributed by atoms with van der Waals surface area (Å²) >= 11 is 0. The van der Waals surface area contributed by atoms with Crippen LogP contribution in [0.2, 0.25) is 0 Å². The maximum absolute atomic E-state index is 12.4. The number of pyridine rings is 1. The molecule has 0 spiro atoms. The van der Waals surface area contributed by atoms with Gasteiger partial charge in [-0.25, -0.2) is 0 Å². The largest absolute Gasteiger partial charge is 0.507 e. The van der Waals surface area contributed by atoms with Crippen molar-refractivity contribution in [2.75, 3.05) is 6.54 Å². The van der Waals surface area contributed by atoms with Gasteiger partial charge >= 0.3 is 0 Å². The minimum absolute atomic E-state index is 0.156. The molecule has 0 radical (unpaired) electrons. The van der Waals surface area contributed by atoms with Crippen LogP contribution in [-0.2, 0) is 26.4 Å². The van der Waals surface area contributed by atoms with Crippen LogP contribution in [0.15, 0.2) is 23.0 Å². The van der Waals surface area contributed by atoms with Crippen LogP contribution in [0.1, 0.15) is 67.8 Å². The Kier molecular flexibility index (Phi) is 6.51. The maximum Gasteiger partial charge on any atom is 0.255 e. The van der Waals surface area contributed by atoms with Crippen molar-refractivity contribution in [2.24, 2.45) is 7.05 Å². The standard InChI is InChI=1S/C26H35N3O2/c1-4-5-6-7-8-12-27-16-20-13-19-14-22-18(15-23(19)29(20)3)10-9-11-21-24(22)28-26(31)17(2)25(21)30/h13-15,27H,4-12,16H2,1-3H3,(H2,28,30,31). The molecule has 0 aliphatic heterocycles. The van der Waals surface area contributed by atoms with E-state index in [1.54, 1.807) is 6.92 Å². The number of benzene rings is 1. The number of nitrogens with one attached hydrogen (secondary N) is 2. The Morgan fingerprint density at radius 3 is 2.74 bits per heavy atom. The first-order valence-corrected chi connectivity index (χ1v) is 11.8.